The number of carbonyl (C=O) groups excluding carboxylic acids is 1. The summed E-state index contributed by atoms with van der Waals surface area (Å²) < 4.78 is 5.16. The number of carbonyl (C=O) groups is 1. The summed E-state index contributed by atoms with van der Waals surface area (Å²) in [4.78, 5) is 14.5. The van der Waals surface area contributed by atoms with Gasteiger partial charge >= 0.3 is 0 Å². The Kier molecular flexibility index (Phi) is 5.56. The molecule has 1 heterocycles. The van der Waals surface area contributed by atoms with Gasteiger partial charge in [0.2, 0.25) is 5.91 Å². The highest BCUT2D eigenvalue weighted by molar-refractivity contribution is 5.98. The molecule has 0 radical (unpaired) electrons. The van der Waals surface area contributed by atoms with Crippen LogP contribution in [-0.4, -0.2) is 38.8 Å². The summed E-state index contributed by atoms with van der Waals surface area (Å²) in [5.74, 6) is 0.197. The van der Waals surface area contributed by atoms with Gasteiger partial charge in [-0.3, -0.25) is 4.79 Å². The van der Waals surface area contributed by atoms with E-state index in [1.54, 1.807) is 7.11 Å². The van der Waals surface area contributed by atoms with Crippen LogP contribution in [0.2, 0.25) is 0 Å². The first-order chi connectivity index (χ1) is 9.77. The van der Waals surface area contributed by atoms with Crippen LogP contribution in [-0.2, 0) is 16.0 Å². The number of nitrogens with one attached hydrogen (secondary N) is 1. The van der Waals surface area contributed by atoms with Crippen molar-refractivity contribution in [2.24, 2.45) is 0 Å². The maximum absolute atomic E-state index is 12.6. The smallest absolute Gasteiger partial charge is 0.244 e. The highest BCUT2D eigenvalue weighted by atomic mass is 16.5. The van der Waals surface area contributed by atoms with Gasteiger partial charge in [0.15, 0.2) is 0 Å². The lowest BCUT2D eigenvalue weighted by molar-refractivity contribution is -0.121. The third kappa shape index (κ3) is 3.38. The Hall–Kier alpha value is -1.39. The summed E-state index contributed by atoms with van der Waals surface area (Å²) in [5, 5.41) is 3.28. The summed E-state index contributed by atoms with van der Waals surface area (Å²) in [5.41, 5.74) is 2.22. The molecule has 0 aromatic heterocycles. The zero-order valence-electron chi connectivity index (χ0n) is 12.4. The van der Waals surface area contributed by atoms with Crippen molar-refractivity contribution in [3.63, 3.8) is 0 Å². The van der Waals surface area contributed by atoms with Crippen molar-refractivity contribution in [3.8, 4) is 0 Å². The number of para-hydroxylation sites is 1. The lowest BCUT2D eigenvalue weighted by atomic mass is 10.0. The Morgan fingerprint density at radius 3 is 2.95 bits per heavy atom. The van der Waals surface area contributed by atoms with Gasteiger partial charge in [0, 0.05) is 19.3 Å². The molecule has 1 amide bonds. The molecule has 1 unspecified atom stereocenters. The summed E-state index contributed by atoms with van der Waals surface area (Å²) in [6, 6.07) is 8.10. The van der Waals surface area contributed by atoms with Gasteiger partial charge in [0.25, 0.3) is 0 Å². The molecule has 1 aromatic carbocycles. The zero-order chi connectivity index (χ0) is 14.4. The first-order valence-electron chi connectivity index (χ1n) is 7.39. The van der Waals surface area contributed by atoms with Crippen LogP contribution < -0.4 is 10.2 Å². The largest absolute Gasteiger partial charge is 0.384 e. The van der Waals surface area contributed by atoms with E-state index in [2.05, 4.69) is 11.4 Å². The van der Waals surface area contributed by atoms with E-state index in [1.807, 2.05) is 30.0 Å². The molecule has 2 rings (SSSR count). The second-order valence-electron chi connectivity index (χ2n) is 5.11. The average Bonchev–Trinajstić information content (AvgIpc) is 2.48. The molecule has 1 fully saturated rings. The Bertz CT molecular complexity index is 446. The molecule has 1 N–H and O–H groups in total. The predicted molar refractivity (Wildman–Crippen MR) is 81.1 cm³/mol. The monoisotopic (exact) mass is 276 g/mol. The highest BCUT2D eigenvalue weighted by Crippen LogP contribution is 2.25. The van der Waals surface area contributed by atoms with Crippen LogP contribution >= 0.6 is 0 Å². The minimum atomic E-state index is -0.0377. The molecule has 1 aliphatic heterocycles. The van der Waals surface area contributed by atoms with E-state index >= 15 is 0 Å². The fraction of sp³-hybridized carbons (Fsp3) is 0.562. The average molecular weight is 276 g/mol. The number of likely N-dealkylation sites (N-methyl/N-ethyl adjacent to an activating group) is 1. The SMILES string of the molecule is CCNC1CCCN(c2ccccc2CCOC)C1=O. The van der Waals surface area contributed by atoms with E-state index in [9.17, 15) is 4.79 Å². The Balaban J connectivity index is 2.19. The zero-order valence-corrected chi connectivity index (χ0v) is 12.4. The quantitative estimate of drug-likeness (QED) is 0.864. The minimum absolute atomic E-state index is 0.0377. The van der Waals surface area contributed by atoms with Crippen molar-refractivity contribution in [2.75, 3.05) is 31.7 Å². The van der Waals surface area contributed by atoms with Crippen LogP contribution in [0.15, 0.2) is 24.3 Å². The van der Waals surface area contributed by atoms with Gasteiger partial charge in [-0.05, 0) is 37.4 Å². The van der Waals surface area contributed by atoms with Gasteiger partial charge in [0.1, 0.15) is 0 Å². The molecule has 1 saturated heterocycles. The number of hydrogen-bond donors (Lipinski definition) is 1. The first kappa shape index (κ1) is 15.0. The number of hydrogen-bond acceptors (Lipinski definition) is 3. The van der Waals surface area contributed by atoms with Crippen LogP contribution in [0, 0.1) is 0 Å². The van der Waals surface area contributed by atoms with Gasteiger partial charge < -0.3 is 15.0 Å². The highest BCUT2D eigenvalue weighted by Gasteiger charge is 2.29. The molecule has 1 aliphatic rings. The van der Waals surface area contributed by atoms with Crippen LogP contribution in [0.1, 0.15) is 25.3 Å². The lowest BCUT2D eigenvalue weighted by Gasteiger charge is -2.33. The fourth-order valence-corrected chi connectivity index (χ4v) is 2.75. The summed E-state index contributed by atoms with van der Waals surface area (Å²) >= 11 is 0. The van der Waals surface area contributed by atoms with Crippen molar-refractivity contribution in [1.82, 2.24) is 5.32 Å². The van der Waals surface area contributed by atoms with Gasteiger partial charge in [-0.25, -0.2) is 0 Å². The van der Waals surface area contributed by atoms with Crippen molar-refractivity contribution in [1.29, 1.82) is 0 Å². The van der Waals surface area contributed by atoms with E-state index in [0.717, 1.165) is 38.0 Å². The molecule has 20 heavy (non-hydrogen) atoms. The van der Waals surface area contributed by atoms with Gasteiger partial charge in [-0.1, -0.05) is 25.1 Å². The fourth-order valence-electron chi connectivity index (χ4n) is 2.75. The Morgan fingerprint density at radius 2 is 2.20 bits per heavy atom. The standard InChI is InChI=1S/C16H24N2O2/c1-3-17-14-8-6-11-18(16(14)19)15-9-5-4-7-13(15)10-12-20-2/h4-5,7,9,14,17H,3,6,8,10-12H2,1-2H3. The molecule has 4 nitrogen and oxygen atoms in total. The number of methoxy groups -OCH3 is 1. The Morgan fingerprint density at radius 1 is 1.40 bits per heavy atom. The molecule has 0 aliphatic carbocycles. The molecule has 0 spiro atoms. The van der Waals surface area contributed by atoms with Crippen LogP contribution in [0.5, 0.6) is 0 Å². The molecule has 1 atom stereocenters. The van der Waals surface area contributed by atoms with Gasteiger partial charge in [0.05, 0.1) is 12.6 Å². The summed E-state index contributed by atoms with van der Waals surface area (Å²) in [7, 11) is 1.70. The van der Waals surface area contributed by atoms with Crippen molar-refractivity contribution in [3.05, 3.63) is 29.8 Å². The minimum Gasteiger partial charge on any atom is -0.384 e. The van der Waals surface area contributed by atoms with Crippen LogP contribution in [0.25, 0.3) is 0 Å². The number of benzene rings is 1. The summed E-state index contributed by atoms with van der Waals surface area (Å²) in [6.45, 7) is 4.36. The third-order valence-electron chi connectivity index (χ3n) is 3.75. The first-order valence-corrected chi connectivity index (χ1v) is 7.39. The number of amides is 1. The molecule has 0 saturated carbocycles. The normalized spacial score (nSPS) is 19.4. The van der Waals surface area contributed by atoms with Gasteiger partial charge in [-0.2, -0.15) is 0 Å². The van der Waals surface area contributed by atoms with E-state index in [0.29, 0.717) is 6.61 Å². The third-order valence-corrected chi connectivity index (χ3v) is 3.75. The van der Waals surface area contributed by atoms with E-state index in [4.69, 9.17) is 4.74 Å². The molecular formula is C16H24N2O2. The number of nitrogens with zero attached hydrogens (tertiary/aromatic N) is 1. The predicted octanol–water partition coefficient (Wildman–Crippen LogP) is 1.98. The maximum Gasteiger partial charge on any atom is 0.244 e. The van der Waals surface area contributed by atoms with E-state index < -0.39 is 0 Å². The van der Waals surface area contributed by atoms with Gasteiger partial charge in [-0.15, -0.1) is 0 Å². The van der Waals surface area contributed by atoms with E-state index in [-0.39, 0.29) is 11.9 Å². The number of anilines is 1. The lowest BCUT2D eigenvalue weighted by Crippen LogP contribution is -2.51. The van der Waals surface area contributed by atoms with Crippen molar-refractivity contribution in [2.45, 2.75) is 32.2 Å². The van der Waals surface area contributed by atoms with Crippen molar-refractivity contribution >= 4 is 11.6 Å². The maximum atomic E-state index is 12.6. The second kappa shape index (κ2) is 7.41. The molecule has 110 valence electrons. The van der Waals surface area contributed by atoms with E-state index in [1.165, 1.54) is 5.56 Å². The molecular weight excluding hydrogens is 252 g/mol. The number of rotatable bonds is 6. The topological polar surface area (TPSA) is 41.6 Å². The summed E-state index contributed by atoms with van der Waals surface area (Å²) in [6.07, 6.45) is 2.81. The van der Waals surface area contributed by atoms with Crippen LogP contribution in [0.3, 0.4) is 0 Å². The molecule has 1 aromatic rings. The second-order valence-corrected chi connectivity index (χ2v) is 5.11. The Labute approximate surface area is 121 Å². The van der Waals surface area contributed by atoms with Crippen LogP contribution in [0.4, 0.5) is 5.69 Å². The number of piperidine rings is 1. The molecule has 0 bridgehead atoms. The van der Waals surface area contributed by atoms with Crippen molar-refractivity contribution < 1.29 is 9.53 Å². The molecule has 4 heteroatoms. The number of ether oxygens (including phenoxy) is 1.